The van der Waals surface area contributed by atoms with E-state index in [0.29, 0.717) is 43.2 Å². The molecule has 0 aliphatic heterocycles. The van der Waals surface area contributed by atoms with Crippen LogP contribution in [0.2, 0.25) is 0 Å². The number of ether oxygens (including phenoxy) is 4. The summed E-state index contributed by atoms with van der Waals surface area (Å²) in [6.07, 6.45) is -1.50. The molecule has 0 radical (unpaired) electrons. The summed E-state index contributed by atoms with van der Waals surface area (Å²) >= 11 is 0. The van der Waals surface area contributed by atoms with Gasteiger partial charge in [-0.1, -0.05) is 91.0 Å². The fourth-order valence-electron chi connectivity index (χ4n) is 5.60. The average molecular weight is 647 g/mol. The van der Waals surface area contributed by atoms with Crippen LogP contribution in [0, 0.1) is 0 Å². The fraction of sp³-hybridized carbons (Fsp3) is 0.225. The van der Waals surface area contributed by atoms with Crippen LogP contribution in [0.4, 0.5) is 10.5 Å². The number of carbonyl (C=O) groups excluding carboxylic acids is 1. The standard InChI is InChI=1S/C40H42N2O6/c1-45-34-19-14-31(15-20-34)36(32-16-21-35(46-2)22-17-32)26-42(25-29-10-6-4-7-11-29)27-38(43)33-18-23-39(37(24-33)41-40(44)47-3)48-28-30-12-8-5-9-13-30/h4-24,36,38,43H,25-28H2,1-3H3,(H,41,44)/t38-/m0/s1. The van der Waals surface area contributed by atoms with Crippen molar-refractivity contribution in [3.63, 3.8) is 0 Å². The lowest BCUT2D eigenvalue weighted by Crippen LogP contribution is -2.33. The van der Waals surface area contributed by atoms with E-state index in [1.165, 1.54) is 7.11 Å². The lowest BCUT2D eigenvalue weighted by atomic mass is 9.90. The first kappa shape index (κ1) is 34.0. The van der Waals surface area contributed by atoms with E-state index in [1.54, 1.807) is 26.4 Å². The third kappa shape index (κ3) is 9.37. The van der Waals surface area contributed by atoms with Crippen molar-refractivity contribution >= 4 is 11.8 Å². The summed E-state index contributed by atoms with van der Waals surface area (Å²) in [7, 11) is 4.63. The normalized spacial score (nSPS) is 11.6. The van der Waals surface area contributed by atoms with Gasteiger partial charge in [-0.25, -0.2) is 4.79 Å². The Labute approximate surface area is 282 Å². The number of hydrogen-bond donors (Lipinski definition) is 2. The molecule has 0 aliphatic rings. The predicted molar refractivity (Wildman–Crippen MR) is 188 cm³/mol. The van der Waals surface area contributed by atoms with Crippen molar-refractivity contribution in [3.05, 3.63) is 155 Å². The molecule has 5 aromatic carbocycles. The van der Waals surface area contributed by atoms with Gasteiger partial charge < -0.3 is 24.1 Å². The van der Waals surface area contributed by atoms with Gasteiger partial charge in [0.05, 0.1) is 33.1 Å². The minimum Gasteiger partial charge on any atom is -0.497 e. The Morgan fingerprint density at radius 3 is 1.77 bits per heavy atom. The number of nitrogens with zero attached hydrogens (tertiary/aromatic N) is 1. The number of nitrogens with one attached hydrogen (secondary N) is 1. The summed E-state index contributed by atoms with van der Waals surface area (Å²) in [6.45, 7) is 1.89. The minimum atomic E-state index is -0.873. The highest BCUT2D eigenvalue weighted by Gasteiger charge is 2.23. The van der Waals surface area contributed by atoms with Crippen LogP contribution in [0.5, 0.6) is 17.2 Å². The van der Waals surface area contributed by atoms with Gasteiger partial charge in [0.15, 0.2) is 0 Å². The van der Waals surface area contributed by atoms with E-state index in [2.05, 4.69) is 46.6 Å². The monoisotopic (exact) mass is 646 g/mol. The molecule has 1 amide bonds. The van der Waals surface area contributed by atoms with Crippen molar-refractivity contribution in [2.75, 3.05) is 39.7 Å². The smallest absolute Gasteiger partial charge is 0.411 e. The Hall–Kier alpha value is -5.31. The molecule has 8 nitrogen and oxygen atoms in total. The summed E-state index contributed by atoms with van der Waals surface area (Å²) < 4.78 is 21.8. The van der Waals surface area contributed by atoms with Gasteiger partial charge in [0, 0.05) is 25.6 Å². The number of amides is 1. The summed E-state index contributed by atoms with van der Waals surface area (Å²) in [5, 5.41) is 14.5. The van der Waals surface area contributed by atoms with Gasteiger partial charge in [-0.15, -0.1) is 0 Å². The average Bonchev–Trinajstić information content (AvgIpc) is 3.14. The van der Waals surface area contributed by atoms with Crippen LogP contribution in [-0.4, -0.2) is 50.5 Å². The number of anilines is 1. The molecule has 0 heterocycles. The van der Waals surface area contributed by atoms with Gasteiger partial charge in [-0.2, -0.15) is 0 Å². The zero-order valence-corrected chi connectivity index (χ0v) is 27.5. The van der Waals surface area contributed by atoms with E-state index < -0.39 is 12.2 Å². The number of carbonyl (C=O) groups is 1. The topological polar surface area (TPSA) is 89.5 Å². The first-order valence-corrected chi connectivity index (χ1v) is 15.8. The molecule has 5 aromatic rings. The first-order valence-electron chi connectivity index (χ1n) is 15.8. The highest BCUT2D eigenvalue weighted by atomic mass is 16.5. The molecule has 0 unspecified atom stereocenters. The third-order valence-electron chi connectivity index (χ3n) is 8.20. The molecule has 0 bridgehead atoms. The summed E-state index contributed by atoms with van der Waals surface area (Å²) in [6, 6.07) is 41.6. The van der Waals surface area contributed by atoms with Crippen LogP contribution >= 0.6 is 0 Å². The second-order valence-corrected chi connectivity index (χ2v) is 11.4. The molecular formula is C40H42N2O6. The van der Waals surface area contributed by atoms with Crippen LogP contribution in [-0.2, 0) is 17.9 Å². The quantitative estimate of drug-likeness (QED) is 0.120. The number of aliphatic hydroxyl groups excluding tert-OH is 1. The molecule has 0 saturated heterocycles. The van der Waals surface area contributed by atoms with E-state index in [9.17, 15) is 9.90 Å². The van der Waals surface area contributed by atoms with E-state index in [0.717, 1.165) is 33.8 Å². The number of rotatable bonds is 15. The second kappa shape index (κ2) is 17.0. The van der Waals surface area contributed by atoms with Gasteiger partial charge in [0.25, 0.3) is 0 Å². The number of aliphatic hydroxyl groups is 1. The maximum atomic E-state index is 12.3. The molecule has 0 saturated carbocycles. The van der Waals surface area contributed by atoms with Crippen molar-refractivity contribution in [1.82, 2.24) is 4.90 Å². The van der Waals surface area contributed by atoms with Crippen molar-refractivity contribution in [1.29, 1.82) is 0 Å². The van der Waals surface area contributed by atoms with Crippen LogP contribution < -0.4 is 19.5 Å². The predicted octanol–water partition coefficient (Wildman–Crippen LogP) is 7.83. The summed E-state index contributed by atoms with van der Waals surface area (Å²) in [4.78, 5) is 14.5. The maximum absolute atomic E-state index is 12.3. The molecular weight excluding hydrogens is 604 g/mol. The van der Waals surface area contributed by atoms with Crippen LogP contribution in [0.3, 0.4) is 0 Å². The Morgan fingerprint density at radius 1 is 0.688 bits per heavy atom. The SMILES string of the molecule is COC(=O)Nc1cc([C@@H](O)CN(Cc2ccccc2)CC(c2ccc(OC)cc2)c2ccc(OC)cc2)ccc1OCc1ccccc1. The van der Waals surface area contributed by atoms with Crippen LogP contribution in [0.1, 0.15) is 39.8 Å². The number of hydrogen-bond acceptors (Lipinski definition) is 7. The highest BCUT2D eigenvalue weighted by Crippen LogP contribution is 2.32. The van der Waals surface area contributed by atoms with Gasteiger partial charge >= 0.3 is 6.09 Å². The zero-order chi connectivity index (χ0) is 33.7. The fourth-order valence-corrected chi connectivity index (χ4v) is 5.60. The maximum Gasteiger partial charge on any atom is 0.411 e. The van der Waals surface area contributed by atoms with Crippen molar-refractivity contribution < 1.29 is 28.8 Å². The number of benzene rings is 5. The molecule has 8 heteroatoms. The molecule has 5 rings (SSSR count). The summed E-state index contributed by atoms with van der Waals surface area (Å²) in [5.41, 5.74) is 5.42. The van der Waals surface area contributed by atoms with Crippen molar-refractivity contribution in [2.45, 2.75) is 25.2 Å². The highest BCUT2D eigenvalue weighted by molar-refractivity contribution is 5.86. The second-order valence-electron chi connectivity index (χ2n) is 11.4. The van der Waals surface area contributed by atoms with Gasteiger partial charge in [0.1, 0.15) is 23.9 Å². The van der Waals surface area contributed by atoms with E-state index >= 15 is 0 Å². The molecule has 0 aromatic heterocycles. The molecule has 0 spiro atoms. The van der Waals surface area contributed by atoms with E-state index in [1.807, 2.05) is 78.9 Å². The minimum absolute atomic E-state index is 0.0111. The Bertz CT molecular complexity index is 1670. The lowest BCUT2D eigenvalue weighted by molar-refractivity contribution is 0.107. The molecule has 2 N–H and O–H groups in total. The van der Waals surface area contributed by atoms with Crippen molar-refractivity contribution in [2.24, 2.45) is 0 Å². The lowest BCUT2D eigenvalue weighted by Gasteiger charge is -2.30. The first-order chi connectivity index (χ1) is 23.4. The van der Waals surface area contributed by atoms with E-state index in [4.69, 9.17) is 18.9 Å². The molecule has 1 atom stereocenters. The molecule has 0 fully saturated rings. The molecule has 248 valence electrons. The van der Waals surface area contributed by atoms with Gasteiger partial charge in [0.2, 0.25) is 0 Å². The molecule has 0 aliphatic carbocycles. The van der Waals surface area contributed by atoms with Crippen LogP contribution in [0.25, 0.3) is 0 Å². The molecule has 48 heavy (non-hydrogen) atoms. The third-order valence-corrected chi connectivity index (χ3v) is 8.20. The Kier molecular flexibility index (Phi) is 12.1. The van der Waals surface area contributed by atoms with Crippen LogP contribution in [0.15, 0.2) is 127 Å². The Balaban J connectivity index is 1.43. The van der Waals surface area contributed by atoms with Crippen molar-refractivity contribution in [3.8, 4) is 17.2 Å². The number of methoxy groups -OCH3 is 3. The Morgan fingerprint density at radius 2 is 1.23 bits per heavy atom. The van der Waals surface area contributed by atoms with E-state index in [-0.39, 0.29) is 5.92 Å². The van der Waals surface area contributed by atoms with Gasteiger partial charge in [-0.3, -0.25) is 10.2 Å². The largest absolute Gasteiger partial charge is 0.497 e. The zero-order valence-electron chi connectivity index (χ0n) is 27.5. The summed E-state index contributed by atoms with van der Waals surface area (Å²) in [5.74, 6) is 2.04. The van der Waals surface area contributed by atoms with Gasteiger partial charge in [-0.05, 0) is 64.2 Å².